The Kier molecular flexibility index (Phi) is 7.58. The van der Waals surface area contributed by atoms with Gasteiger partial charge in [0.2, 0.25) is 0 Å². The minimum Gasteiger partial charge on any atom is -0.481 e. The topological polar surface area (TPSA) is 95.7 Å². The van der Waals surface area contributed by atoms with Crippen LogP contribution in [0.5, 0.6) is 0 Å². The SMILES string of the molecule is Cc1ccc(C(CC(=O)O)NC(=O)c2ccn3c(NC4CCCCC4)c(C4CC=CCC4)nc3c2)cc1. The Labute approximate surface area is 218 Å². The van der Waals surface area contributed by atoms with Crippen molar-refractivity contribution in [3.63, 3.8) is 0 Å². The van der Waals surface area contributed by atoms with Gasteiger partial charge in [-0.25, -0.2) is 4.98 Å². The first-order valence-corrected chi connectivity index (χ1v) is 13.5. The van der Waals surface area contributed by atoms with Crippen molar-refractivity contribution in [3.05, 3.63) is 77.1 Å². The van der Waals surface area contributed by atoms with E-state index in [2.05, 4.69) is 27.2 Å². The van der Waals surface area contributed by atoms with Crippen molar-refractivity contribution in [2.75, 3.05) is 5.32 Å². The van der Waals surface area contributed by atoms with Crippen LogP contribution in [-0.2, 0) is 4.79 Å². The number of anilines is 1. The molecule has 5 rings (SSSR count). The number of aromatic nitrogens is 2. The van der Waals surface area contributed by atoms with Gasteiger partial charge in [0.25, 0.3) is 5.91 Å². The maximum absolute atomic E-state index is 13.3. The molecule has 0 bridgehead atoms. The largest absolute Gasteiger partial charge is 0.481 e. The number of carbonyl (C=O) groups excluding carboxylic acids is 1. The van der Waals surface area contributed by atoms with Crippen molar-refractivity contribution < 1.29 is 14.7 Å². The van der Waals surface area contributed by atoms with E-state index < -0.39 is 12.0 Å². The number of aryl methyl sites for hydroxylation is 1. The molecule has 1 amide bonds. The molecule has 2 unspecified atom stereocenters. The average Bonchev–Trinajstić information content (AvgIpc) is 3.27. The Bertz CT molecular complexity index is 1290. The standard InChI is InChI=1S/C30H36N4O3/c1-20-12-14-21(15-13-20)25(19-27(35)36)32-30(37)23-16-17-34-26(18-23)33-28(22-8-4-2-5-9-22)29(34)31-24-10-6-3-7-11-24/h2,4,12-18,22,24-25,31H,3,5-11,19H2,1H3,(H,32,37)(H,35,36). The number of carboxylic acid groups (broad SMARTS) is 1. The molecule has 194 valence electrons. The van der Waals surface area contributed by atoms with Gasteiger partial charge in [-0.15, -0.1) is 0 Å². The molecule has 2 heterocycles. The summed E-state index contributed by atoms with van der Waals surface area (Å²) in [6.07, 6.45) is 15.5. The third kappa shape index (κ3) is 5.87. The van der Waals surface area contributed by atoms with Gasteiger partial charge in [0.1, 0.15) is 11.5 Å². The van der Waals surface area contributed by atoms with E-state index in [9.17, 15) is 14.7 Å². The summed E-state index contributed by atoms with van der Waals surface area (Å²) >= 11 is 0. The molecule has 37 heavy (non-hydrogen) atoms. The fraction of sp³-hybridized carbons (Fsp3) is 0.433. The van der Waals surface area contributed by atoms with Crippen LogP contribution < -0.4 is 10.6 Å². The molecular weight excluding hydrogens is 464 g/mol. The van der Waals surface area contributed by atoms with E-state index in [1.165, 1.54) is 32.1 Å². The van der Waals surface area contributed by atoms with Crippen LogP contribution in [0.3, 0.4) is 0 Å². The minimum absolute atomic E-state index is 0.185. The van der Waals surface area contributed by atoms with Crippen molar-refractivity contribution in [2.45, 2.75) is 82.7 Å². The van der Waals surface area contributed by atoms with Crippen LogP contribution in [-0.4, -0.2) is 32.4 Å². The fourth-order valence-electron chi connectivity index (χ4n) is 5.58. The molecule has 1 aromatic carbocycles. The molecule has 0 saturated heterocycles. The maximum Gasteiger partial charge on any atom is 0.305 e. The molecule has 3 N–H and O–H groups in total. The lowest BCUT2D eigenvalue weighted by Gasteiger charge is -2.25. The van der Waals surface area contributed by atoms with Crippen molar-refractivity contribution in [1.82, 2.24) is 14.7 Å². The molecule has 2 aliphatic rings. The van der Waals surface area contributed by atoms with E-state index in [4.69, 9.17) is 4.98 Å². The zero-order valence-electron chi connectivity index (χ0n) is 21.5. The highest BCUT2D eigenvalue weighted by atomic mass is 16.4. The van der Waals surface area contributed by atoms with Crippen LogP contribution in [0.15, 0.2) is 54.7 Å². The smallest absolute Gasteiger partial charge is 0.305 e. The highest BCUT2D eigenvalue weighted by Gasteiger charge is 2.25. The highest BCUT2D eigenvalue weighted by molar-refractivity contribution is 5.95. The Morgan fingerprint density at radius 3 is 2.57 bits per heavy atom. The quantitative estimate of drug-likeness (QED) is 0.322. The summed E-state index contributed by atoms with van der Waals surface area (Å²) in [5, 5.41) is 16.2. The van der Waals surface area contributed by atoms with Crippen molar-refractivity contribution in [1.29, 1.82) is 0 Å². The Morgan fingerprint density at radius 2 is 1.86 bits per heavy atom. The van der Waals surface area contributed by atoms with Crippen LogP contribution in [0, 0.1) is 6.92 Å². The van der Waals surface area contributed by atoms with Crippen LogP contribution in [0.25, 0.3) is 5.65 Å². The second-order valence-corrected chi connectivity index (χ2v) is 10.5. The summed E-state index contributed by atoms with van der Waals surface area (Å²) in [6, 6.07) is 11.0. The average molecular weight is 501 g/mol. The number of pyridine rings is 1. The van der Waals surface area contributed by atoms with Crippen LogP contribution in [0.1, 0.15) is 96.9 Å². The molecule has 7 nitrogen and oxygen atoms in total. The number of hydrogen-bond donors (Lipinski definition) is 3. The number of nitrogens with zero attached hydrogens (tertiary/aromatic N) is 2. The van der Waals surface area contributed by atoms with Gasteiger partial charge in [-0.3, -0.25) is 14.0 Å². The van der Waals surface area contributed by atoms with Gasteiger partial charge in [0, 0.05) is 23.7 Å². The number of benzene rings is 1. The lowest BCUT2D eigenvalue weighted by atomic mass is 9.91. The fourth-order valence-corrected chi connectivity index (χ4v) is 5.58. The van der Waals surface area contributed by atoms with Crippen LogP contribution >= 0.6 is 0 Å². The minimum atomic E-state index is -0.959. The van der Waals surface area contributed by atoms with Crippen LogP contribution in [0.4, 0.5) is 5.82 Å². The van der Waals surface area contributed by atoms with Crippen molar-refractivity contribution in [2.24, 2.45) is 0 Å². The van der Waals surface area contributed by atoms with E-state index in [0.717, 1.165) is 47.5 Å². The Morgan fingerprint density at radius 1 is 1.08 bits per heavy atom. The molecule has 2 atom stereocenters. The zero-order valence-corrected chi connectivity index (χ0v) is 21.5. The molecule has 0 spiro atoms. The van der Waals surface area contributed by atoms with E-state index in [1.54, 1.807) is 6.07 Å². The number of carbonyl (C=O) groups is 2. The lowest BCUT2D eigenvalue weighted by Crippen LogP contribution is -2.30. The predicted octanol–water partition coefficient (Wildman–Crippen LogP) is 6.16. The molecule has 1 fully saturated rings. The number of fused-ring (bicyclic) bond motifs is 1. The third-order valence-corrected chi connectivity index (χ3v) is 7.68. The molecule has 3 aromatic rings. The number of nitrogens with one attached hydrogen (secondary N) is 2. The summed E-state index contributed by atoms with van der Waals surface area (Å²) in [5.41, 5.74) is 4.14. The number of allylic oxidation sites excluding steroid dienone is 2. The zero-order chi connectivity index (χ0) is 25.8. The van der Waals surface area contributed by atoms with Crippen LogP contribution in [0.2, 0.25) is 0 Å². The lowest BCUT2D eigenvalue weighted by molar-refractivity contribution is -0.137. The number of amides is 1. The first-order valence-electron chi connectivity index (χ1n) is 13.5. The van der Waals surface area contributed by atoms with E-state index >= 15 is 0 Å². The van der Waals surface area contributed by atoms with Gasteiger partial charge in [0.15, 0.2) is 0 Å². The third-order valence-electron chi connectivity index (χ3n) is 7.68. The van der Waals surface area contributed by atoms with E-state index in [1.807, 2.05) is 43.5 Å². The molecule has 0 radical (unpaired) electrons. The summed E-state index contributed by atoms with van der Waals surface area (Å²) < 4.78 is 2.08. The summed E-state index contributed by atoms with van der Waals surface area (Å²) in [4.78, 5) is 29.8. The molecular formula is C30H36N4O3. The molecule has 2 aromatic heterocycles. The van der Waals surface area contributed by atoms with Gasteiger partial charge in [0.05, 0.1) is 18.2 Å². The van der Waals surface area contributed by atoms with Gasteiger partial charge in [-0.2, -0.15) is 0 Å². The maximum atomic E-state index is 13.3. The van der Waals surface area contributed by atoms with Gasteiger partial charge < -0.3 is 15.7 Å². The number of rotatable bonds is 8. The number of carboxylic acids is 1. The number of hydrogen-bond acceptors (Lipinski definition) is 4. The molecule has 0 aliphatic heterocycles. The van der Waals surface area contributed by atoms with Gasteiger partial charge in [-0.05, 0) is 56.7 Å². The normalized spacial score (nSPS) is 19.0. The summed E-state index contributed by atoms with van der Waals surface area (Å²) in [5.74, 6) is 0.146. The monoisotopic (exact) mass is 500 g/mol. The molecule has 1 saturated carbocycles. The first-order chi connectivity index (χ1) is 18.0. The van der Waals surface area contributed by atoms with Crippen molar-refractivity contribution in [3.8, 4) is 0 Å². The van der Waals surface area contributed by atoms with E-state index in [-0.39, 0.29) is 12.3 Å². The van der Waals surface area contributed by atoms with E-state index in [0.29, 0.717) is 17.5 Å². The number of imidazole rings is 1. The van der Waals surface area contributed by atoms with Gasteiger partial charge in [-0.1, -0.05) is 61.2 Å². The second-order valence-electron chi connectivity index (χ2n) is 10.5. The highest BCUT2D eigenvalue weighted by Crippen LogP contribution is 2.35. The molecule has 2 aliphatic carbocycles. The van der Waals surface area contributed by atoms with Gasteiger partial charge >= 0.3 is 5.97 Å². The molecule has 7 heteroatoms. The Balaban J connectivity index is 1.43. The first kappa shape index (κ1) is 25.1. The van der Waals surface area contributed by atoms with Crippen molar-refractivity contribution >= 4 is 23.3 Å². The summed E-state index contributed by atoms with van der Waals surface area (Å²) in [7, 11) is 0. The second kappa shape index (κ2) is 11.2. The predicted molar refractivity (Wildman–Crippen MR) is 145 cm³/mol. The summed E-state index contributed by atoms with van der Waals surface area (Å²) in [6.45, 7) is 1.98. The number of aliphatic carboxylic acids is 1. The Hall–Kier alpha value is -3.61.